The summed E-state index contributed by atoms with van der Waals surface area (Å²) in [5.74, 6) is -0.894. The molecule has 104 valence electrons. The highest BCUT2D eigenvalue weighted by Gasteiger charge is 2.02. The Morgan fingerprint density at radius 2 is 0.952 bits per heavy atom. The Hall–Kier alpha value is -2.87. The Labute approximate surface area is 124 Å². The van der Waals surface area contributed by atoms with Gasteiger partial charge in [-0.3, -0.25) is 0 Å². The minimum atomic E-state index is -0.894. The average Bonchev–Trinajstić information content (AvgIpc) is 2.58. The van der Waals surface area contributed by atoms with Crippen LogP contribution >= 0.6 is 0 Å². The van der Waals surface area contributed by atoms with E-state index >= 15 is 0 Å². The number of carbonyl (C=O) groups is 1. The number of aromatic carboxylic acids is 1. The summed E-state index contributed by atoms with van der Waals surface area (Å²) in [7, 11) is 0. The highest BCUT2D eigenvalue weighted by Crippen LogP contribution is 2.18. The third-order valence-electron chi connectivity index (χ3n) is 2.91. The van der Waals surface area contributed by atoms with Crippen LogP contribution < -0.4 is 0 Å². The zero-order valence-corrected chi connectivity index (χ0v) is 11.5. The predicted octanol–water partition coefficient (Wildman–Crippen LogP) is 4.74. The fourth-order valence-electron chi connectivity index (χ4n) is 1.82. The molecule has 0 saturated carbocycles. The lowest BCUT2D eigenvalue weighted by Crippen LogP contribution is -1.94. The van der Waals surface area contributed by atoms with Crippen LogP contribution in [0, 0.1) is 0 Å². The van der Waals surface area contributed by atoms with Gasteiger partial charge in [0.05, 0.1) is 5.56 Å². The van der Waals surface area contributed by atoms with Gasteiger partial charge >= 0.3 is 5.97 Å². The first-order valence-corrected chi connectivity index (χ1v) is 6.66. The van der Waals surface area contributed by atoms with Crippen molar-refractivity contribution in [3.8, 4) is 11.1 Å². The lowest BCUT2D eigenvalue weighted by atomic mass is 10.0. The molecule has 3 aromatic carbocycles. The van der Waals surface area contributed by atoms with E-state index in [1.54, 1.807) is 12.1 Å². The van der Waals surface area contributed by atoms with Crippen LogP contribution in [0.3, 0.4) is 0 Å². The van der Waals surface area contributed by atoms with Gasteiger partial charge in [-0.1, -0.05) is 78.9 Å². The Bertz CT molecular complexity index is 632. The monoisotopic (exact) mass is 276 g/mol. The van der Waals surface area contributed by atoms with Crippen LogP contribution in [-0.4, -0.2) is 11.1 Å². The molecule has 0 unspecified atom stereocenters. The van der Waals surface area contributed by atoms with E-state index < -0.39 is 5.97 Å². The zero-order valence-electron chi connectivity index (χ0n) is 11.5. The summed E-state index contributed by atoms with van der Waals surface area (Å²) in [6.07, 6.45) is 0. The van der Waals surface area contributed by atoms with Crippen LogP contribution in [0.25, 0.3) is 11.1 Å². The summed E-state index contributed by atoms with van der Waals surface area (Å²) >= 11 is 0. The highest BCUT2D eigenvalue weighted by atomic mass is 16.4. The van der Waals surface area contributed by atoms with E-state index in [9.17, 15) is 4.79 Å². The first-order chi connectivity index (χ1) is 10.3. The molecule has 0 atom stereocenters. The molecule has 0 aliphatic heterocycles. The minimum absolute atomic E-state index is 0.315. The molecule has 1 N–H and O–H groups in total. The van der Waals surface area contributed by atoms with Crippen molar-refractivity contribution in [2.24, 2.45) is 0 Å². The van der Waals surface area contributed by atoms with Crippen molar-refractivity contribution in [1.29, 1.82) is 0 Å². The van der Waals surface area contributed by atoms with Crippen molar-refractivity contribution < 1.29 is 9.90 Å². The Kier molecular flexibility index (Phi) is 5.30. The van der Waals surface area contributed by atoms with Crippen molar-refractivity contribution in [1.82, 2.24) is 0 Å². The Morgan fingerprint density at radius 3 is 1.38 bits per heavy atom. The molecule has 3 aromatic rings. The predicted molar refractivity (Wildman–Crippen MR) is 85.3 cm³/mol. The van der Waals surface area contributed by atoms with E-state index in [0.29, 0.717) is 5.56 Å². The van der Waals surface area contributed by atoms with Gasteiger partial charge in [0.1, 0.15) is 0 Å². The quantitative estimate of drug-likeness (QED) is 0.734. The molecule has 0 aliphatic carbocycles. The summed E-state index contributed by atoms with van der Waals surface area (Å²) in [6, 6.07) is 28.7. The molecule has 0 saturated heterocycles. The normalized spacial score (nSPS) is 9.33. The van der Waals surface area contributed by atoms with E-state index in [0.717, 1.165) is 11.1 Å². The third kappa shape index (κ3) is 4.62. The number of hydrogen-bond acceptors (Lipinski definition) is 1. The van der Waals surface area contributed by atoms with E-state index in [1.165, 1.54) is 0 Å². The fourth-order valence-corrected chi connectivity index (χ4v) is 1.82. The van der Waals surface area contributed by atoms with Crippen molar-refractivity contribution in [3.63, 3.8) is 0 Å². The van der Waals surface area contributed by atoms with E-state index in [-0.39, 0.29) is 0 Å². The second-order valence-electron chi connectivity index (χ2n) is 4.40. The Balaban J connectivity index is 0.000000225. The van der Waals surface area contributed by atoms with Gasteiger partial charge in [0.2, 0.25) is 0 Å². The van der Waals surface area contributed by atoms with Gasteiger partial charge in [-0.25, -0.2) is 4.79 Å². The number of hydrogen-bond donors (Lipinski definition) is 1. The van der Waals surface area contributed by atoms with E-state index in [2.05, 4.69) is 0 Å². The van der Waals surface area contributed by atoms with Crippen molar-refractivity contribution in [3.05, 3.63) is 96.6 Å². The second-order valence-corrected chi connectivity index (χ2v) is 4.40. The number of carboxylic acid groups (broad SMARTS) is 1. The summed E-state index contributed by atoms with van der Waals surface area (Å²) < 4.78 is 0. The molecule has 21 heavy (non-hydrogen) atoms. The molecule has 0 heterocycles. The Morgan fingerprint density at radius 1 is 0.571 bits per heavy atom. The summed E-state index contributed by atoms with van der Waals surface area (Å²) in [5.41, 5.74) is 2.43. The molecule has 0 bridgehead atoms. The van der Waals surface area contributed by atoms with E-state index in [4.69, 9.17) is 5.11 Å². The van der Waals surface area contributed by atoms with Gasteiger partial charge in [0.25, 0.3) is 0 Å². The number of rotatable bonds is 2. The molecular formula is C19H16O2. The molecular weight excluding hydrogens is 260 g/mol. The number of benzene rings is 3. The average molecular weight is 276 g/mol. The van der Waals surface area contributed by atoms with Crippen LogP contribution in [0.4, 0.5) is 0 Å². The van der Waals surface area contributed by atoms with Crippen molar-refractivity contribution in [2.45, 2.75) is 0 Å². The van der Waals surface area contributed by atoms with Gasteiger partial charge in [0.15, 0.2) is 0 Å². The standard InChI is InChI=1S/C13H10O2.C6H6/c14-13(15)12-8-6-11(7-9-12)10-4-2-1-3-5-10;1-2-4-6-5-3-1/h1-9H,(H,14,15);1-6H. The molecule has 0 spiro atoms. The van der Waals surface area contributed by atoms with Gasteiger partial charge in [0, 0.05) is 0 Å². The topological polar surface area (TPSA) is 37.3 Å². The summed E-state index contributed by atoms with van der Waals surface area (Å²) in [4.78, 5) is 10.6. The zero-order chi connectivity index (χ0) is 14.9. The minimum Gasteiger partial charge on any atom is -0.478 e. The van der Waals surface area contributed by atoms with Crippen molar-refractivity contribution >= 4 is 5.97 Å². The molecule has 0 amide bonds. The molecule has 3 rings (SSSR count). The van der Waals surface area contributed by atoms with Gasteiger partial charge in [-0.2, -0.15) is 0 Å². The molecule has 2 heteroatoms. The molecule has 0 aliphatic rings. The van der Waals surface area contributed by atoms with Crippen LogP contribution in [0.1, 0.15) is 10.4 Å². The second kappa shape index (κ2) is 7.65. The third-order valence-corrected chi connectivity index (χ3v) is 2.91. The maximum Gasteiger partial charge on any atom is 0.335 e. The molecule has 0 radical (unpaired) electrons. The maximum atomic E-state index is 10.6. The lowest BCUT2D eigenvalue weighted by Gasteiger charge is -2.01. The smallest absolute Gasteiger partial charge is 0.335 e. The van der Waals surface area contributed by atoms with Crippen LogP contribution in [0.2, 0.25) is 0 Å². The molecule has 0 aromatic heterocycles. The maximum absolute atomic E-state index is 10.6. The van der Waals surface area contributed by atoms with Crippen LogP contribution in [0.15, 0.2) is 91.0 Å². The first kappa shape index (κ1) is 14.5. The number of carboxylic acids is 1. The van der Waals surface area contributed by atoms with E-state index in [1.807, 2.05) is 78.9 Å². The largest absolute Gasteiger partial charge is 0.478 e. The summed E-state index contributed by atoms with van der Waals surface area (Å²) in [5, 5.41) is 8.75. The lowest BCUT2D eigenvalue weighted by molar-refractivity contribution is 0.0697. The van der Waals surface area contributed by atoms with Crippen LogP contribution in [0.5, 0.6) is 0 Å². The molecule has 0 fully saturated rings. The highest BCUT2D eigenvalue weighted by molar-refractivity contribution is 5.88. The molecule has 2 nitrogen and oxygen atoms in total. The fraction of sp³-hybridized carbons (Fsp3) is 0. The van der Waals surface area contributed by atoms with Gasteiger partial charge < -0.3 is 5.11 Å². The van der Waals surface area contributed by atoms with Gasteiger partial charge in [-0.05, 0) is 23.3 Å². The SMILES string of the molecule is O=C(O)c1ccc(-c2ccccc2)cc1.c1ccccc1. The van der Waals surface area contributed by atoms with Crippen LogP contribution in [-0.2, 0) is 0 Å². The van der Waals surface area contributed by atoms with Crippen molar-refractivity contribution in [2.75, 3.05) is 0 Å². The van der Waals surface area contributed by atoms with Gasteiger partial charge in [-0.15, -0.1) is 0 Å². The summed E-state index contributed by atoms with van der Waals surface area (Å²) in [6.45, 7) is 0. The first-order valence-electron chi connectivity index (χ1n) is 6.66.